The van der Waals surface area contributed by atoms with Gasteiger partial charge in [-0.2, -0.15) is 0 Å². The van der Waals surface area contributed by atoms with Gasteiger partial charge in [0.25, 0.3) is 0 Å². The fourth-order valence-corrected chi connectivity index (χ4v) is 2.15. The van der Waals surface area contributed by atoms with Crippen LogP contribution in [0.3, 0.4) is 0 Å². The molecule has 0 saturated carbocycles. The van der Waals surface area contributed by atoms with Crippen molar-refractivity contribution in [2.24, 2.45) is 0 Å². The molecule has 2 aromatic rings. The van der Waals surface area contributed by atoms with E-state index in [0.29, 0.717) is 6.54 Å². The van der Waals surface area contributed by atoms with Crippen molar-refractivity contribution in [2.75, 3.05) is 32.6 Å². The highest BCUT2D eigenvalue weighted by Crippen LogP contribution is 2.16. The van der Waals surface area contributed by atoms with E-state index in [1.807, 2.05) is 48.5 Å². The molecule has 0 aromatic heterocycles. The smallest absolute Gasteiger partial charge is 0.239 e. The van der Waals surface area contributed by atoms with E-state index < -0.39 is 0 Å². The lowest BCUT2D eigenvalue weighted by Gasteiger charge is -2.09. The average Bonchev–Trinajstić information content (AvgIpc) is 2.60. The zero-order valence-corrected chi connectivity index (χ0v) is 13.5. The molecule has 0 aliphatic carbocycles. The first-order valence-electron chi connectivity index (χ1n) is 7.49. The minimum Gasteiger partial charge on any atom is -0.497 e. The number of ether oxygens (including phenoxy) is 2. The molecule has 0 unspecified atom stereocenters. The lowest BCUT2D eigenvalue weighted by atomic mass is 10.1. The molecule has 2 rings (SSSR count). The van der Waals surface area contributed by atoms with Gasteiger partial charge in [0.1, 0.15) is 11.5 Å². The highest BCUT2D eigenvalue weighted by Gasteiger charge is 2.02. The van der Waals surface area contributed by atoms with Gasteiger partial charge < -0.3 is 20.1 Å². The second-order valence-electron chi connectivity index (χ2n) is 5.04. The summed E-state index contributed by atoms with van der Waals surface area (Å²) in [4.78, 5) is 11.9. The van der Waals surface area contributed by atoms with E-state index in [9.17, 15) is 4.79 Å². The summed E-state index contributed by atoms with van der Waals surface area (Å²) in [6.45, 7) is 0.817. The molecule has 5 heteroatoms. The maximum atomic E-state index is 11.9. The van der Waals surface area contributed by atoms with E-state index in [1.54, 1.807) is 14.2 Å². The number of amides is 1. The van der Waals surface area contributed by atoms with Gasteiger partial charge >= 0.3 is 0 Å². The second kappa shape index (κ2) is 8.68. The van der Waals surface area contributed by atoms with Gasteiger partial charge in [0.15, 0.2) is 0 Å². The predicted molar refractivity (Wildman–Crippen MR) is 91.2 cm³/mol. The Labute approximate surface area is 136 Å². The van der Waals surface area contributed by atoms with Crippen LogP contribution in [0.2, 0.25) is 0 Å². The molecule has 23 heavy (non-hydrogen) atoms. The van der Waals surface area contributed by atoms with Crippen LogP contribution in [0.25, 0.3) is 0 Å². The van der Waals surface area contributed by atoms with Crippen LogP contribution in [-0.2, 0) is 11.2 Å². The summed E-state index contributed by atoms with van der Waals surface area (Å²) in [5.41, 5.74) is 1.98. The molecule has 0 atom stereocenters. The van der Waals surface area contributed by atoms with Gasteiger partial charge in [0.2, 0.25) is 5.91 Å². The van der Waals surface area contributed by atoms with Gasteiger partial charge in [-0.3, -0.25) is 4.79 Å². The first-order chi connectivity index (χ1) is 11.2. The third-order valence-electron chi connectivity index (χ3n) is 3.39. The Balaban J connectivity index is 1.72. The molecule has 0 fully saturated rings. The van der Waals surface area contributed by atoms with Gasteiger partial charge in [0.05, 0.1) is 20.8 Å². The number of nitrogens with one attached hydrogen (secondary N) is 2. The molecular formula is C18H22N2O3. The van der Waals surface area contributed by atoms with E-state index in [4.69, 9.17) is 9.47 Å². The second-order valence-corrected chi connectivity index (χ2v) is 5.04. The molecule has 0 spiro atoms. The summed E-state index contributed by atoms with van der Waals surface area (Å²) in [7, 11) is 3.26. The zero-order valence-electron chi connectivity index (χ0n) is 13.5. The Morgan fingerprint density at radius 1 is 1.00 bits per heavy atom. The van der Waals surface area contributed by atoms with Crippen molar-refractivity contribution in [2.45, 2.75) is 6.42 Å². The number of hydrogen-bond donors (Lipinski definition) is 2. The standard InChI is InChI=1S/C18H22N2O3/c1-22-16-7-3-5-14(11-16)9-10-19-18(21)13-20-15-6-4-8-17(12-15)23-2/h3-8,11-12,20H,9-10,13H2,1-2H3,(H,19,21). The summed E-state index contributed by atoms with van der Waals surface area (Å²) in [5.74, 6) is 1.54. The molecule has 2 aromatic carbocycles. The number of rotatable bonds is 8. The molecule has 0 aliphatic rings. The Kier molecular flexibility index (Phi) is 6.29. The monoisotopic (exact) mass is 314 g/mol. The highest BCUT2D eigenvalue weighted by molar-refractivity contribution is 5.80. The van der Waals surface area contributed by atoms with Gasteiger partial charge in [-0.1, -0.05) is 18.2 Å². The maximum absolute atomic E-state index is 11.9. The van der Waals surface area contributed by atoms with E-state index in [0.717, 1.165) is 29.2 Å². The summed E-state index contributed by atoms with van der Waals surface area (Å²) >= 11 is 0. The molecule has 2 N–H and O–H groups in total. The van der Waals surface area contributed by atoms with Crippen LogP contribution in [0.4, 0.5) is 5.69 Å². The molecule has 0 heterocycles. The van der Waals surface area contributed by atoms with Gasteiger partial charge in [0, 0.05) is 18.3 Å². The molecule has 5 nitrogen and oxygen atoms in total. The molecule has 0 bridgehead atoms. The van der Waals surface area contributed by atoms with Crippen molar-refractivity contribution < 1.29 is 14.3 Å². The fraction of sp³-hybridized carbons (Fsp3) is 0.278. The molecule has 122 valence electrons. The van der Waals surface area contributed by atoms with E-state index in [2.05, 4.69) is 10.6 Å². The summed E-state index contributed by atoms with van der Waals surface area (Å²) in [5, 5.41) is 5.97. The zero-order chi connectivity index (χ0) is 16.5. The summed E-state index contributed by atoms with van der Waals surface area (Å²) < 4.78 is 10.3. The van der Waals surface area contributed by atoms with Crippen molar-refractivity contribution in [3.05, 3.63) is 54.1 Å². The lowest BCUT2D eigenvalue weighted by Crippen LogP contribution is -2.31. The first-order valence-corrected chi connectivity index (χ1v) is 7.49. The van der Waals surface area contributed by atoms with Gasteiger partial charge in [-0.05, 0) is 36.2 Å². The number of carbonyl (C=O) groups is 1. The Morgan fingerprint density at radius 3 is 2.43 bits per heavy atom. The van der Waals surface area contributed by atoms with E-state index in [-0.39, 0.29) is 12.5 Å². The number of carbonyl (C=O) groups excluding carboxylic acids is 1. The molecule has 1 amide bonds. The average molecular weight is 314 g/mol. The SMILES string of the molecule is COc1cccc(CCNC(=O)CNc2cccc(OC)c2)c1. The fourth-order valence-electron chi connectivity index (χ4n) is 2.15. The first kappa shape index (κ1) is 16.7. The molecule has 0 aliphatic heterocycles. The molecule has 0 radical (unpaired) electrons. The number of benzene rings is 2. The van der Waals surface area contributed by atoms with E-state index >= 15 is 0 Å². The normalized spacial score (nSPS) is 10.0. The van der Waals surface area contributed by atoms with Crippen molar-refractivity contribution in [3.63, 3.8) is 0 Å². The lowest BCUT2D eigenvalue weighted by molar-refractivity contribution is -0.119. The Hall–Kier alpha value is -2.69. The third kappa shape index (κ3) is 5.54. The largest absolute Gasteiger partial charge is 0.497 e. The van der Waals surface area contributed by atoms with Crippen LogP contribution in [0.5, 0.6) is 11.5 Å². The number of methoxy groups -OCH3 is 2. The molecule has 0 saturated heterocycles. The van der Waals surface area contributed by atoms with E-state index in [1.165, 1.54) is 0 Å². The quantitative estimate of drug-likeness (QED) is 0.786. The Morgan fingerprint density at radius 2 is 1.70 bits per heavy atom. The molecular weight excluding hydrogens is 292 g/mol. The number of anilines is 1. The minimum absolute atomic E-state index is 0.0456. The van der Waals surface area contributed by atoms with Crippen LogP contribution < -0.4 is 20.1 Å². The van der Waals surface area contributed by atoms with Crippen molar-refractivity contribution in [1.82, 2.24) is 5.32 Å². The van der Waals surface area contributed by atoms with Crippen LogP contribution in [0, 0.1) is 0 Å². The van der Waals surface area contributed by atoms with Gasteiger partial charge in [-0.25, -0.2) is 0 Å². The highest BCUT2D eigenvalue weighted by atomic mass is 16.5. The summed E-state index contributed by atoms with van der Waals surface area (Å²) in [6, 6.07) is 15.3. The van der Waals surface area contributed by atoms with Crippen molar-refractivity contribution in [3.8, 4) is 11.5 Å². The van der Waals surface area contributed by atoms with Gasteiger partial charge in [-0.15, -0.1) is 0 Å². The number of hydrogen-bond acceptors (Lipinski definition) is 4. The van der Waals surface area contributed by atoms with Crippen LogP contribution in [0.15, 0.2) is 48.5 Å². The minimum atomic E-state index is -0.0456. The maximum Gasteiger partial charge on any atom is 0.239 e. The van der Waals surface area contributed by atoms with Crippen LogP contribution >= 0.6 is 0 Å². The Bertz CT molecular complexity index is 644. The van der Waals surface area contributed by atoms with Crippen molar-refractivity contribution >= 4 is 11.6 Å². The summed E-state index contributed by atoms with van der Waals surface area (Å²) in [6.07, 6.45) is 0.766. The predicted octanol–water partition coefficient (Wildman–Crippen LogP) is 2.47. The van der Waals surface area contributed by atoms with Crippen molar-refractivity contribution in [1.29, 1.82) is 0 Å². The topological polar surface area (TPSA) is 59.6 Å². The van der Waals surface area contributed by atoms with Crippen LogP contribution in [-0.4, -0.2) is 33.2 Å². The van der Waals surface area contributed by atoms with Crippen LogP contribution in [0.1, 0.15) is 5.56 Å². The third-order valence-corrected chi connectivity index (χ3v) is 3.39.